The van der Waals surface area contributed by atoms with E-state index in [1.54, 1.807) is 16.0 Å². The number of hydrogen-bond donors (Lipinski definition) is 0. The molecule has 0 aromatic carbocycles. The van der Waals surface area contributed by atoms with Gasteiger partial charge in [-0.2, -0.15) is 10.4 Å². The van der Waals surface area contributed by atoms with Crippen LogP contribution in [0.25, 0.3) is 10.6 Å². The number of halogens is 1. The van der Waals surface area contributed by atoms with Crippen LogP contribution < -0.4 is 0 Å². The summed E-state index contributed by atoms with van der Waals surface area (Å²) < 4.78 is 1.67. The van der Waals surface area contributed by atoms with Gasteiger partial charge in [0.1, 0.15) is 12.2 Å². The molecule has 0 aliphatic carbocycles. The smallest absolute Gasteiger partial charge is 0.128 e. The van der Waals surface area contributed by atoms with Crippen molar-refractivity contribution in [2.24, 2.45) is 0 Å². The zero-order valence-corrected chi connectivity index (χ0v) is 10.3. The van der Waals surface area contributed by atoms with E-state index in [0.717, 1.165) is 21.5 Å². The lowest BCUT2D eigenvalue weighted by molar-refractivity contribution is 0.712. The number of nitrogens with zero attached hydrogens (tertiary/aromatic N) is 3. The van der Waals surface area contributed by atoms with E-state index in [1.807, 2.05) is 23.7 Å². The van der Waals surface area contributed by atoms with Crippen LogP contribution in [0.1, 0.15) is 5.56 Å². The van der Waals surface area contributed by atoms with Crippen molar-refractivity contribution < 1.29 is 0 Å². The number of thiophene rings is 1. The van der Waals surface area contributed by atoms with Crippen molar-refractivity contribution in [3.05, 3.63) is 29.3 Å². The van der Waals surface area contributed by atoms with Gasteiger partial charge in [0, 0.05) is 17.1 Å². The van der Waals surface area contributed by atoms with Gasteiger partial charge in [-0.1, -0.05) is 22.0 Å². The first-order chi connectivity index (χ1) is 7.35. The second kappa shape index (κ2) is 4.60. The molecule has 2 aromatic rings. The lowest BCUT2D eigenvalue weighted by atomic mass is 10.2. The Balaban J connectivity index is 2.42. The van der Waals surface area contributed by atoms with Crippen molar-refractivity contribution in [2.75, 3.05) is 0 Å². The zero-order chi connectivity index (χ0) is 10.7. The maximum absolute atomic E-state index is 8.60. The predicted molar refractivity (Wildman–Crippen MR) is 63.8 cm³/mol. The number of aromatic nitrogens is 2. The Labute approximate surface area is 100 Å². The highest BCUT2D eigenvalue weighted by Gasteiger charge is 2.10. The summed E-state index contributed by atoms with van der Waals surface area (Å²) in [6, 6.07) is 6.12. The normalized spacial score (nSPS) is 10.1. The minimum absolute atomic E-state index is 0.297. The van der Waals surface area contributed by atoms with E-state index in [2.05, 4.69) is 27.1 Å². The molecular weight excluding hydrogens is 274 g/mol. The SMILES string of the molecule is N#CCn1cc(CBr)c(-c2cccs2)n1. The zero-order valence-electron chi connectivity index (χ0n) is 7.85. The molecule has 15 heavy (non-hydrogen) atoms. The molecule has 0 unspecified atom stereocenters. The molecule has 0 N–H and O–H groups in total. The highest BCUT2D eigenvalue weighted by Crippen LogP contribution is 2.27. The molecule has 76 valence electrons. The Morgan fingerprint density at radius 3 is 3.07 bits per heavy atom. The summed E-state index contributed by atoms with van der Waals surface area (Å²) in [5.41, 5.74) is 2.09. The van der Waals surface area contributed by atoms with Gasteiger partial charge in [0.05, 0.1) is 10.9 Å². The van der Waals surface area contributed by atoms with Crippen molar-refractivity contribution in [2.45, 2.75) is 11.9 Å². The molecule has 0 radical (unpaired) electrons. The van der Waals surface area contributed by atoms with E-state index in [-0.39, 0.29) is 0 Å². The summed E-state index contributed by atoms with van der Waals surface area (Å²) in [5.74, 6) is 0. The van der Waals surface area contributed by atoms with Crippen molar-refractivity contribution in [1.82, 2.24) is 9.78 Å². The van der Waals surface area contributed by atoms with Gasteiger partial charge in [-0.25, -0.2) is 0 Å². The van der Waals surface area contributed by atoms with Crippen LogP contribution in [0.5, 0.6) is 0 Å². The summed E-state index contributed by atoms with van der Waals surface area (Å²) in [5, 5.41) is 15.8. The number of rotatable bonds is 3. The van der Waals surface area contributed by atoms with Gasteiger partial charge in [-0.3, -0.25) is 4.68 Å². The van der Waals surface area contributed by atoms with Crippen LogP contribution in [0.2, 0.25) is 0 Å². The van der Waals surface area contributed by atoms with Crippen LogP contribution in [0, 0.1) is 11.3 Å². The molecular formula is C10H8BrN3S. The molecule has 0 atom stereocenters. The van der Waals surface area contributed by atoms with E-state index in [9.17, 15) is 0 Å². The molecule has 2 aromatic heterocycles. The molecule has 0 bridgehead atoms. The van der Waals surface area contributed by atoms with Crippen molar-refractivity contribution in [1.29, 1.82) is 5.26 Å². The molecule has 0 amide bonds. The van der Waals surface area contributed by atoms with Crippen LogP contribution >= 0.6 is 27.3 Å². The second-order valence-corrected chi connectivity index (χ2v) is 4.48. The molecule has 0 spiro atoms. The monoisotopic (exact) mass is 281 g/mol. The summed E-state index contributed by atoms with van der Waals surface area (Å²) in [7, 11) is 0. The van der Waals surface area contributed by atoms with E-state index in [0.29, 0.717) is 6.54 Å². The topological polar surface area (TPSA) is 41.6 Å². The minimum atomic E-state index is 0.297. The lowest BCUT2D eigenvalue weighted by Gasteiger charge is -1.93. The van der Waals surface area contributed by atoms with Crippen LogP contribution in [-0.2, 0) is 11.9 Å². The fourth-order valence-electron chi connectivity index (χ4n) is 1.33. The molecule has 0 aliphatic heterocycles. The average Bonchev–Trinajstić information content (AvgIpc) is 2.84. The van der Waals surface area contributed by atoms with Crippen molar-refractivity contribution >= 4 is 27.3 Å². The van der Waals surface area contributed by atoms with Gasteiger partial charge in [0.15, 0.2) is 0 Å². The fraction of sp³-hybridized carbons (Fsp3) is 0.200. The third kappa shape index (κ3) is 2.11. The average molecular weight is 282 g/mol. The van der Waals surface area contributed by atoms with Gasteiger partial charge in [-0.05, 0) is 11.4 Å². The predicted octanol–water partition coefficient (Wildman–Crippen LogP) is 3.03. The van der Waals surface area contributed by atoms with Gasteiger partial charge < -0.3 is 0 Å². The maximum atomic E-state index is 8.60. The molecule has 0 saturated heterocycles. The third-order valence-electron chi connectivity index (χ3n) is 1.97. The van der Waals surface area contributed by atoms with E-state index in [1.165, 1.54) is 0 Å². The van der Waals surface area contributed by atoms with E-state index in [4.69, 9.17) is 5.26 Å². The maximum Gasteiger partial charge on any atom is 0.128 e. The molecule has 0 saturated carbocycles. The Kier molecular flexibility index (Phi) is 3.19. The van der Waals surface area contributed by atoms with E-state index < -0.39 is 0 Å². The van der Waals surface area contributed by atoms with Gasteiger partial charge in [0.2, 0.25) is 0 Å². The van der Waals surface area contributed by atoms with Crippen LogP contribution in [0.3, 0.4) is 0 Å². The summed E-state index contributed by atoms with van der Waals surface area (Å²) in [6.07, 6.45) is 1.91. The molecule has 2 rings (SSSR count). The quantitative estimate of drug-likeness (QED) is 0.812. The summed E-state index contributed by atoms with van der Waals surface area (Å²) >= 11 is 5.08. The molecule has 3 nitrogen and oxygen atoms in total. The first kappa shape index (κ1) is 10.4. The first-order valence-corrected chi connectivity index (χ1v) is 6.38. The molecule has 0 fully saturated rings. The largest absolute Gasteiger partial charge is 0.258 e. The van der Waals surface area contributed by atoms with Crippen molar-refractivity contribution in [3.8, 4) is 16.6 Å². The Morgan fingerprint density at radius 2 is 2.47 bits per heavy atom. The van der Waals surface area contributed by atoms with Gasteiger partial charge in [0.25, 0.3) is 0 Å². The summed E-state index contributed by atoms with van der Waals surface area (Å²) in [6.45, 7) is 0.297. The van der Waals surface area contributed by atoms with Crippen LogP contribution in [0.15, 0.2) is 23.7 Å². The minimum Gasteiger partial charge on any atom is -0.258 e. The van der Waals surface area contributed by atoms with Crippen LogP contribution in [-0.4, -0.2) is 9.78 Å². The highest BCUT2D eigenvalue weighted by atomic mass is 79.9. The first-order valence-electron chi connectivity index (χ1n) is 4.38. The Morgan fingerprint density at radius 1 is 1.60 bits per heavy atom. The van der Waals surface area contributed by atoms with Gasteiger partial charge >= 0.3 is 0 Å². The molecule has 2 heterocycles. The number of nitriles is 1. The van der Waals surface area contributed by atoms with Gasteiger partial charge in [-0.15, -0.1) is 11.3 Å². The fourth-order valence-corrected chi connectivity index (χ4v) is 2.49. The Hall–Kier alpha value is -1.12. The summed E-state index contributed by atoms with van der Waals surface area (Å²) in [4.78, 5) is 1.14. The lowest BCUT2D eigenvalue weighted by Crippen LogP contribution is -1.95. The number of alkyl halides is 1. The highest BCUT2D eigenvalue weighted by molar-refractivity contribution is 9.08. The number of hydrogen-bond acceptors (Lipinski definition) is 3. The standard InChI is InChI=1S/C10H8BrN3S/c11-6-8-7-14(4-3-12)13-10(8)9-2-1-5-15-9/h1-2,5,7H,4,6H2. The van der Waals surface area contributed by atoms with E-state index >= 15 is 0 Å². The Bertz CT molecular complexity index is 481. The third-order valence-corrected chi connectivity index (χ3v) is 3.45. The molecule has 0 aliphatic rings. The van der Waals surface area contributed by atoms with Crippen molar-refractivity contribution in [3.63, 3.8) is 0 Å². The molecule has 5 heteroatoms. The van der Waals surface area contributed by atoms with Crippen LogP contribution in [0.4, 0.5) is 0 Å². The second-order valence-electron chi connectivity index (χ2n) is 2.97.